The van der Waals surface area contributed by atoms with Crippen molar-refractivity contribution in [3.63, 3.8) is 0 Å². The molecule has 1 aliphatic rings. The summed E-state index contributed by atoms with van der Waals surface area (Å²) in [7, 11) is 0. The summed E-state index contributed by atoms with van der Waals surface area (Å²) < 4.78 is 10.4. The van der Waals surface area contributed by atoms with Crippen LogP contribution in [0.25, 0.3) is 0 Å². The first-order chi connectivity index (χ1) is 6.40. The molecule has 0 bridgehead atoms. The van der Waals surface area contributed by atoms with Crippen LogP contribution in [-0.4, -0.2) is 29.8 Å². The Bertz CT molecular complexity index is 274. The molecule has 3 N–H and O–H groups in total. The molecule has 0 spiro atoms. The minimum atomic E-state index is -0.124. The lowest BCUT2D eigenvalue weighted by Crippen LogP contribution is -2.33. The van der Waals surface area contributed by atoms with Crippen LogP contribution in [0, 0.1) is 0 Å². The van der Waals surface area contributed by atoms with Crippen LogP contribution in [-0.2, 0) is 11.3 Å². The second-order valence-electron chi connectivity index (χ2n) is 2.82. The first-order valence-electron chi connectivity index (χ1n) is 4.25. The Kier molecular flexibility index (Phi) is 4.27. The second kappa shape index (κ2) is 5.26. The number of nitrogens with zero attached hydrogens (tertiary/aromatic N) is 2. The highest BCUT2D eigenvalue weighted by Gasteiger charge is 2.21. The molecule has 6 nitrogen and oxygen atoms in total. The summed E-state index contributed by atoms with van der Waals surface area (Å²) in [6.45, 7) is 2.55. The predicted molar refractivity (Wildman–Crippen MR) is 51.0 cm³/mol. The molecule has 1 saturated heterocycles. The molecule has 0 saturated carbocycles. The largest absolute Gasteiger partial charge is 0.366 e. The minimum Gasteiger partial charge on any atom is -0.366 e. The van der Waals surface area contributed by atoms with Gasteiger partial charge in [-0.3, -0.25) is 0 Å². The Morgan fingerprint density at radius 1 is 1.57 bits per heavy atom. The van der Waals surface area contributed by atoms with Crippen molar-refractivity contribution >= 4 is 12.4 Å². The molecule has 1 aromatic rings. The number of hydrogen-bond acceptors (Lipinski definition) is 6. The highest BCUT2D eigenvalue weighted by atomic mass is 35.5. The minimum absolute atomic E-state index is 0. The number of hydrogen-bond donors (Lipinski definition) is 2. The molecule has 1 fully saturated rings. The van der Waals surface area contributed by atoms with E-state index in [4.69, 9.17) is 15.0 Å². The lowest BCUT2D eigenvalue weighted by Gasteiger charge is -2.19. The van der Waals surface area contributed by atoms with Crippen molar-refractivity contribution in [2.45, 2.75) is 12.6 Å². The fraction of sp³-hybridized carbons (Fsp3) is 0.714. The van der Waals surface area contributed by atoms with Gasteiger partial charge in [0.25, 0.3) is 5.89 Å². The first kappa shape index (κ1) is 11.4. The van der Waals surface area contributed by atoms with Gasteiger partial charge in [0.1, 0.15) is 6.10 Å². The summed E-state index contributed by atoms with van der Waals surface area (Å²) in [4.78, 5) is 4.08. The summed E-state index contributed by atoms with van der Waals surface area (Å²) >= 11 is 0. The van der Waals surface area contributed by atoms with Gasteiger partial charge in [0.05, 0.1) is 13.2 Å². The van der Waals surface area contributed by atoms with Gasteiger partial charge in [0.2, 0.25) is 0 Å². The molecule has 0 aromatic carbocycles. The SMILES string of the molecule is Cl.NCc1noc([C@@H]2CNCCO2)n1. The average molecular weight is 221 g/mol. The topological polar surface area (TPSA) is 86.2 Å². The zero-order chi connectivity index (χ0) is 9.10. The van der Waals surface area contributed by atoms with E-state index in [0.29, 0.717) is 31.4 Å². The van der Waals surface area contributed by atoms with Crippen molar-refractivity contribution in [1.82, 2.24) is 15.5 Å². The molecule has 1 aliphatic heterocycles. The molecule has 2 heterocycles. The number of aromatic nitrogens is 2. The molecule has 0 aliphatic carbocycles. The molecule has 1 atom stereocenters. The third kappa shape index (κ3) is 2.42. The number of ether oxygens (including phenoxy) is 1. The van der Waals surface area contributed by atoms with Crippen molar-refractivity contribution in [3.8, 4) is 0 Å². The summed E-state index contributed by atoms with van der Waals surface area (Å²) in [5.74, 6) is 1.02. The Morgan fingerprint density at radius 3 is 3.00 bits per heavy atom. The van der Waals surface area contributed by atoms with Crippen LogP contribution in [0.5, 0.6) is 0 Å². The molecular formula is C7H13ClN4O2. The van der Waals surface area contributed by atoms with Crippen LogP contribution in [0.4, 0.5) is 0 Å². The van der Waals surface area contributed by atoms with Crippen LogP contribution in [0.3, 0.4) is 0 Å². The third-order valence-corrected chi connectivity index (χ3v) is 1.87. The van der Waals surface area contributed by atoms with Crippen molar-refractivity contribution in [1.29, 1.82) is 0 Å². The van der Waals surface area contributed by atoms with Gasteiger partial charge in [-0.25, -0.2) is 0 Å². The highest BCUT2D eigenvalue weighted by Crippen LogP contribution is 2.15. The summed E-state index contributed by atoms with van der Waals surface area (Å²) in [5, 5.41) is 6.87. The molecule has 14 heavy (non-hydrogen) atoms. The van der Waals surface area contributed by atoms with Gasteiger partial charge in [-0.15, -0.1) is 12.4 Å². The lowest BCUT2D eigenvalue weighted by molar-refractivity contribution is 0.00755. The van der Waals surface area contributed by atoms with Gasteiger partial charge in [0, 0.05) is 13.1 Å². The summed E-state index contributed by atoms with van der Waals surface area (Å²) in [5.41, 5.74) is 5.35. The van der Waals surface area contributed by atoms with Gasteiger partial charge in [-0.1, -0.05) is 5.16 Å². The maximum atomic E-state index is 5.42. The van der Waals surface area contributed by atoms with Crippen LogP contribution in [0.1, 0.15) is 17.8 Å². The van der Waals surface area contributed by atoms with Crippen LogP contribution < -0.4 is 11.1 Å². The molecule has 2 rings (SSSR count). The standard InChI is InChI=1S/C7H12N4O2.ClH/c8-3-6-10-7(13-11-6)5-4-9-1-2-12-5;/h5,9H,1-4,8H2;1H/t5-;/m0./s1. The van der Waals surface area contributed by atoms with Gasteiger partial charge in [0.15, 0.2) is 5.82 Å². The average Bonchev–Trinajstić information content (AvgIpc) is 2.67. The Balaban J connectivity index is 0.000000980. The Labute approximate surface area is 87.6 Å². The molecule has 0 amide bonds. The number of nitrogens with one attached hydrogen (secondary N) is 1. The fourth-order valence-corrected chi connectivity index (χ4v) is 1.21. The lowest BCUT2D eigenvalue weighted by atomic mass is 10.3. The van der Waals surface area contributed by atoms with Crippen molar-refractivity contribution < 1.29 is 9.26 Å². The van der Waals surface area contributed by atoms with E-state index in [1.54, 1.807) is 0 Å². The predicted octanol–water partition coefficient (Wildman–Crippen LogP) is -0.389. The smallest absolute Gasteiger partial charge is 0.257 e. The zero-order valence-corrected chi connectivity index (χ0v) is 8.42. The van der Waals surface area contributed by atoms with E-state index < -0.39 is 0 Å². The van der Waals surface area contributed by atoms with Crippen LogP contribution >= 0.6 is 12.4 Å². The van der Waals surface area contributed by atoms with Crippen LogP contribution in [0.2, 0.25) is 0 Å². The second-order valence-corrected chi connectivity index (χ2v) is 2.82. The molecular weight excluding hydrogens is 208 g/mol. The first-order valence-corrected chi connectivity index (χ1v) is 4.25. The quantitative estimate of drug-likeness (QED) is 0.706. The van der Waals surface area contributed by atoms with E-state index >= 15 is 0 Å². The third-order valence-electron chi connectivity index (χ3n) is 1.87. The zero-order valence-electron chi connectivity index (χ0n) is 7.60. The molecule has 0 unspecified atom stereocenters. The molecule has 80 valence electrons. The van der Waals surface area contributed by atoms with E-state index in [1.165, 1.54) is 0 Å². The number of rotatable bonds is 2. The van der Waals surface area contributed by atoms with Gasteiger partial charge >= 0.3 is 0 Å². The molecule has 7 heteroatoms. The van der Waals surface area contributed by atoms with E-state index in [1.807, 2.05) is 0 Å². The van der Waals surface area contributed by atoms with Crippen LogP contribution in [0.15, 0.2) is 4.52 Å². The molecule has 1 aromatic heterocycles. The van der Waals surface area contributed by atoms with Gasteiger partial charge < -0.3 is 20.3 Å². The van der Waals surface area contributed by atoms with Gasteiger partial charge in [-0.05, 0) is 0 Å². The summed E-state index contributed by atoms with van der Waals surface area (Å²) in [6.07, 6.45) is -0.124. The maximum absolute atomic E-state index is 5.42. The van der Waals surface area contributed by atoms with Crippen molar-refractivity contribution in [2.75, 3.05) is 19.7 Å². The Hall–Kier alpha value is -0.690. The van der Waals surface area contributed by atoms with E-state index in [2.05, 4.69) is 15.5 Å². The van der Waals surface area contributed by atoms with Crippen molar-refractivity contribution in [2.24, 2.45) is 5.73 Å². The number of halogens is 1. The monoisotopic (exact) mass is 220 g/mol. The number of nitrogens with two attached hydrogens (primary N) is 1. The van der Waals surface area contributed by atoms with E-state index in [9.17, 15) is 0 Å². The van der Waals surface area contributed by atoms with E-state index in [0.717, 1.165) is 6.54 Å². The van der Waals surface area contributed by atoms with Crippen molar-refractivity contribution in [3.05, 3.63) is 11.7 Å². The number of morpholine rings is 1. The van der Waals surface area contributed by atoms with Gasteiger partial charge in [-0.2, -0.15) is 4.98 Å². The summed E-state index contributed by atoms with van der Waals surface area (Å²) in [6, 6.07) is 0. The normalized spacial score (nSPS) is 21.6. The Morgan fingerprint density at radius 2 is 2.43 bits per heavy atom. The molecule has 0 radical (unpaired) electrons. The fourth-order valence-electron chi connectivity index (χ4n) is 1.21. The highest BCUT2D eigenvalue weighted by molar-refractivity contribution is 5.85. The van der Waals surface area contributed by atoms with E-state index in [-0.39, 0.29) is 18.5 Å². The maximum Gasteiger partial charge on any atom is 0.257 e.